The molecule has 1 aliphatic rings. The molecule has 1 aromatic rings. The zero-order chi connectivity index (χ0) is 14.6. The number of hydrogen-bond donors (Lipinski definition) is 1. The van der Waals surface area contributed by atoms with Crippen LogP contribution in [0.25, 0.3) is 0 Å². The Bertz CT molecular complexity index is 452. The van der Waals surface area contributed by atoms with Crippen molar-refractivity contribution in [3.63, 3.8) is 0 Å². The van der Waals surface area contributed by atoms with E-state index in [4.69, 9.17) is 11.6 Å². The lowest BCUT2D eigenvalue weighted by molar-refractivity contribution is -0.144. The van der Waals surface area contributed by atoms with Crippen molar-refractivity contribution < 1.29 is 13.2 Å². The molecule has 4 nitrogen and oxygen atoms in total. The lowest BCUT2D eigenvalue weighted by Crippen LogP contribution is -2.36. The van der Waals surface area contributed by atoms with E-state index in [1.807, 2.05) is 11.8 Å². The fourth-order valence-corrected chi connectivity index (χ4v) is 2.96. The quantitative estimate of drug-likeness (QED) is 0.861. The molecule has 0 bridgehead atoms. The first-order valence-electron chi connectivity index (χ1n) is 6.11. The number of anilines is 1. The van der Waals surface area contributed by atoms with E-state index in [0.29, 0.717) is 6.54 Å². The van der Waals surface area contributed by atoms with Gasteiger partial charge in [-0.3, -0.25) is 4.90 Å². The Balaban J connectivity index is 1.90. The van der Waals surface area contributed by atoms with Crippen LogP contribution in [0.5, 0.6) is 0 Å². The second-order valence-electron chi connectivity index (χ2n) is 4.28. The molecule has 0 radical (unpaired) electrons. The number of rotatable bonds is 4. The van der Waals surface area contributed by atoms with Crippen molar-refractivity contribution in [3.8, 4) is 0 Å². The van der Waals surface area contributed by atoms with Crippen molar-refractivity contribution in [2.45, 2.75) is 6.18 Å². The van der Waals surface area contributed by atoms with Gasteiger partial charge in [0.25, 0.3) is 0 Å². The molecule has 0 unspecified atom stereocenters. The number of thioether (sulfide) groups is 1. The van der Waals surface area contributed by atoms with Crippen molar-refractivity contribution in [2.75, 3.05) is 43.0 Å². The minimum atomic E-state index is -4.59. The van der Waals surface area contributed by atoms with Crippen LogP contribution in [-0.2, 0) is 6.18 Å². The Morgan fingerprint density at radius 1 is 1.30 bits per heavy atom. The van der Waals surface area contributed by atoms with Gasteiger partial charge in [-0.1, -0.05) is 11.6 Å². The van der Waals surface area contributed by atoms with Crippen LogP contribution < -0.4 is 5.32 Å². The number of nitrogens with zero attached hydrogens (tertiary/aromatic N) is 3. The Hall–Kier alpha value is -0.730. The maximum absolute atomic E-state index is 12.5. The summed E-state index contributed by atoms with van der Waals surface area (Å²) in [7, 11) is 0. The van der Waals surface area contributed by atoms with Crippen LogP contribution in [0.3, 0.4) is 0 Å². The predicted octanol–water partition coefficient (Wildman–Crippen LogP) is 2.61. The van der Waals surface area contributed by atoms with E-state index in [-0.39, 0.29) is 11.0 Å². The smallest absolute Gasteiger partial charge is 0.369 e. The van der Waals surface area contributed by atoms with Gasteiger partial charge in [-0.05, 0) is 0 Å². The van der Waals surface area contributed by atoms with Gasteiger partial charge in [-0.15, -0.1) is 0 Å². The molecule has 0 spiro atoms. The first-order valence-corrected chi connectivity index (χ1v) is 7.64. The van der Waals surface area contributed by atoms with Crippen LogP contribution in [0.2, 0.25) is 5.15 Å². The number of aromatic nitrogens is 2. The molecule has 1 aromatic heterocycles. The summed E-state index contributed by atoms with van der Waals surface area (Å²) in [6.45, 7) is 3.30. The molecular weight excluding hydrogens is 313 g/mol. The van der Waals surface area contributed by atoms with Gasteiger partial charge in [0.2, 0.25) is 5.82 Å². The number of hydrogen-bond acceptors (Lipinski definition) is 5. The lowest BCUT2D eigenvalue weighted by Gasteiger charge is -2.26. The van der Waals surface area contributed by atoms with E-state index >= 15 is 0 Å². The van der Waals surface area contributed by atoms with Crippen molar-refractivity contribution in [1.82, 2.24) is 14.9 Å². The molecule has 2 rings (SSSR count). The molecule has 0 aromatic carbocycles. The molecule has 20 heavy (non-hydrogen) atoms. The number of alkyl halides is 3. The zero-order valence-corrected chi connectivity index (χ0v) is 12.2. The Morgan fingerprint density at radius 3 is 2.65 bits per heavy atom. The molecule has 1 fully saturated rings. The maximum Gasteiger partial charge on any atom is 0.451 e. The Kier molecular flexibility index (Phi) is 5.34. The van der Waals surface area contributed by atoms with E-state index in [0.717, 1.165) is 31.1 Å². The van der Waals surface area contributed by atoms with E-state index in [1.54, 1.807) is 0 Å². The maximum atomic E-state index is 12.5. The van der Waals surface area contributed by atoms with Crippen LogP contribution in [0.1, 0.15) is 5.82 Å². The minimum Gasteiger partial charge on any atom is -0.369 e. The molecule has 1 aliphatic heterocycles. The Morgan fingerprint density at radius 2 is 2.00 bits per heavy atom. The first-order chi connectivity index (χ1) is 9.45. The molecule has 0 aliphatic carbocycles. The van der Waals surface area contributed by atoms with Crippen LogP contribution in [0.4, 0.5) is 19.0 Å². The summed E-state index contributed by atoms with van der Waals surface area (Å²) in [6.07, 6.45) is -4.59. The van der Waals surface area contributed by atoms with Gasteiger partial charge in [-0.2, -0.15) is 24.9 Å². The Labute approximate surface area is 124 Å². The van der Waals surface area contributed by atoms with Gasteiger partial charge in [-0.25, -0.2) is 9.97 Å². The molecular formula is C11H14ClF3N4S. The van der Waals surface area contributed by atoms with Gasteiger partial charge in [0.1, 0.15) is 11.0 Å². The highest BCUT2D eigenvalue weighted by atomic mass is 35.5. The summed E-state index contributed by atoms with van der Waals surface area (Å²) in [5, 5.41) is 2.64. The average Bonchev–Trinajstić information content (AvgIpc) is 2.38. The van der Waals surface area contributed by atoms with Crippen molar-refractivity contribution >= 4 is 29.2 Å². The highest BCUT2D eigenvalue weighted by Crippen LogP contribution is 2.28. The third-order valence-corrected chi connectivity index (χ3v) is 3.92. The lowest BCUT2D eigenvalue weighted by atomic mass is 10.4. The molecule has 0 amide bonds. The molecule has 0 atom stereocenters. The highest BCUT2D eigenvalue weighted by Gasteiger charge is 2.35. The number of nitrogens with one attached hydrogen (secondary N) is 1. The standard InChI is InChI=1S/C11H14ClF3N4S/c12-8-7-9(18-10(17-8)11(13,14)15)16-1-2-19-3-5-20-6-4-19/h7H,1-6H2,(H,16,17,18). The van der Waals surface area contributed by atoms with E-state index in [1.165, 1.54) is 6.07 Å². The second-order valence-corrected chi connectivity index (χ2v) is 5.89. The third-order valence-electron chi connectivity index (χ3n) is 2.79. The summed E-state index contributed by atoms with van der Waals surface area (Å²) in [4.78, 5) is 8.87. The van der Waals surface area contributed by atoms with Crippen molar-refractivity contribution in [3.05, 3.63) is 17.0 Å². The molecule has 1 saturated heterocycles. The SMILES string of the molecule is FC(F)(F)c1nc(Cl)cc(NCCN2CCSCC2)n1. The topological polar surface area (TPSA) is 41.1 Å². The summed E-state index contributed by atoms with van der Waals surface area (Å²) < 4.78 is 37.6. The van der Waals surface area contributed by atoms with Crippen molar-refractivity contribution in [2.24, 2.45) is 0 Å². The first kappa shape index (κ1) is 15.7. The van der Waals surface area contributed by atoms with Gasteiger partial charge in [0, 0.05) is 43.8 Å². The summed E-state index contributed by atoms with van der Waals surface area (Å²) >= 11 is 7.49. The molecule has 2 heterocycles. The van der Waals surface area contributed by atoms with Gasteiger partial charge < -0.3 is 5.32 Å². The van der Waals surface area contributed by atoms with E-state index in [9.17, 15) is 13.2 Å². The normalized spacial score (nSPS) is 17.2. The fourth-order valence-electron chi connectivity index (χ4n) is 1.80. The summed E-state index contributed by atoms with van der Waals surface area (Å²) in [5.74, 6) is 1.07. The predicted molar refractivity (Wildman–Crippen MR) is 74.3 cm³/mol. The zero-order valence-electron chi connectivity index (χ0n) is 10.6. The summed E-state index contributed by atoms with van der Waals surface area (Å²) in [5.41, 5.74) is 0. The monoisotopic (exact) mass is 326 g/mol. The minimum absolute atomic E-state index is 0.101. The molecule has 1 N–H and O–H groups in total. The van der Waals surface area contributed by atoms with Crippen LogP contribution >= 0.6 is 23.4 Å². The fraction of sp³-hybridized carbons (Fsp3) is 0.636. The molecule has 0 saturated carbocycles. The van der Waals surface area contributed by atoms with Crippen LogP contribution in [-0.4, -0.2) is 52.6 Å². The van der Waals surface area contributed by atoms with Crippen LogP contribution in [0.15, 0.2) is 6.07 Å². The molecule has 112 valence electrons. The highest BCUT2D eigenvalue weighted by molar-refractivity contribution is 7.99. The van der Waals surface area contributed by atoms with Gasteiger partial charge >= 0.3 is 6.18 Å². The van der Waals surface area contributed by atoms with Gasteiger partial charge in [0.05, 0.1) is 0 Å². The average molecular weight is 327 g/mol. The van der Waals surface area contributed by atoms with Crippen molar-refractivity contribution in [1.29, 1.82) is 0 Å². The van der Waals surface area contributed by atoms with E-state index in [2.05, 4.69) is 20.2 Å². The number of halogens is 4. The third kappa shape index (κ3) is 4.68. The van der Waals surface area contributed by atoms with Crippen LogP contribution in [0, 0.1) is 0 Å². The second kappa shape index (κ2) is 6.82. The molecule has 9 heteroatoms. The summed E-state index contributed by atoms with van der Waals surface area (Å²) in [6, 6.07) is 1.29. The van der Waals surface area contributed by atoms with Gasteiger partial charge in [0.15, 0.2) is 0 Å². The van der Waals surface area contributed by atoms with E-state index < -0.39 is 12.0 Å². The largest absolute Gasteiger partial charge is 0.451 e.